The molecule has 2 aliphatic rings. The van der Waals surface area contributed by atoms with Crippen LogP contribution >= 0.6 is 0 Å². The van der Waals surface area contributed by atoms with Gasteiger partial charge in [-0.2, -0.15) is 0 Å². The predicted octanol–water partition coefficient (Wildman–Crippen LogP) is 1.63. The molecule has 116 valence electrons. The lowest BCUT2D eigenvalue weighted by atomic mass is 10.0. The molecule has 1 saturated heterocycles. The van der Waals surface area contributed by atoms with E-state index in [2.05, 4.69) is 16.8 Å². The van der Waals surface area contributed by atoms with E-state index in [9.17, 15) is 4.79 Å². The Morgan fingerprint density at radius 2 is 2.19 bits per heavy atom. The van der Waals surface area contributed by atoms with Gasteiger partial charge in [0.05, 0.1) is 18.8 Å². The van der Waals surface area contributed by atoms with E-state index in [-0.39, 0.29) is 6.09 Å². The Morgan fingerprint density at radius 3 is 2.90 bits per heavy atom. The zero-order chi connectivity index (χ0) is 14.8. The Labute approximate surface area is 125 Å². The molecular weight excluding hydrogens is 268 g/mol. The topological polar surface area (TPSA) is 59.4 Å². The molecule has 0 radical (unpaired) electrons. The van der Waals surface area contributed by atoms with Gasteiger partial charge in [-0.25, -0.2) is 9.78 Å². The van der Waals surface area contributed by atoms with Gasteiger partial charge < -0.3 is 19.5 Å². The van der Waals surface area contributed by atoms with E-state index >= 15 is 0 Å². The van der Waals surface area contributed by atoms with E-state index in [1.54, 1.807) is 4.90 Å². The van der Waals surface area contributed by atoms with Crippen molar-refractivity contribution in [1.82, 2.24) is 19.8 Å². The van der Waals surface area contributed by atoms with Gasteiger partial charge >= 0.3 is 6.09 Å². The van der Waals surface area contributed by atoms with Gasteiger partial charge in [0.2, 0.25) is 0 Å². The molecule has 0 saturated carbocycles. The minimum absolute atomic E-state index is 0.225. The molecule has 21 heavy (non-hydrogen) atoms. The first-order valence-electron chi connectivity index (χ1n) is 7.89. The number of aromatic nitrogens is 2. The molecular formula is C15H24N4O2. The second-order valence-electron chi connectivity index (χ2n) is 5.77. The van der Waals surface area contributed by atoms with Crippen molar-refractivity contribution < 1.29 is 9.53 Å². The van der Waals surface area contributed by atoms with Crippen LogP contribution in [-0.2, 0) is 17.7 Å². The second-order valence-corrected chi connectivity index (χ2v) is 5.77. The number of fused-ring (bicyclic) bond motifs is 1. The van der Waals surface area contributed by atoms with Crippen LogP contribution in [-0.4, -0.2) is 46.8 Å². The van der Waals surface area contributed by atoms with Crippen molar-refractivity contribution in [2.75, 3.05) is 26.2 Å². The number of ether oxygens (including phenoxy) is 1. The zero-order valence-electron chi connectivity index (χ0n) is 12.9. The third-order valence-corrected chi connectivity index (χ3v) is 4.43. The minimum Gasteiger partial charge on any atom is -0.450 e. The van der Waals surface area contributed by atoms with Crippen molar-refractivity contribution in [3.8, 4) is 0 Å². The van der Waals surface area contributed by atoms with Crippen molar-refractivity contribution >= 4 is 6.09 Å². The summed E-state index contributed by atoms with van der Waals surface area (Å²) in [4.78, 5) is 18.3. The highest BCUT2D eigenvalue weighted by Gasteiger charge is 2.29. The summed E-state index contributed by atoms with van der Waals surface area (Å²) in [5.74, 6) is 1.08. The smallest absolute Gasteiger partial charge is 0.410 e. The van der Waals surface area contributed by atoms with Crippen molar-refractivity contribution in [3.05, 3.63) is 17.2 Å². The zero-order valence-corrected chi connectivity index (χ0v) is 12.9. The maximum atomic E-state index is 11.9. The lowest BCUT2D eigenvalue weighted by Crippen LogP contribution is -2.37. The van der Waals surface area contributed by atoms with Crippen molar-refractivity contribution in [1.29, 1.82) is 0 Å². The molecule has 2 aliphatic heterocycles. The van der Waals surface area contributed by atoms with Crippen molar-refractivity contribution in [2.45, 2.75) is 45.7 Å². The Balaban J connectivity index is 1.80. The van der Waals surface area contributed by atoms with Crippen LogP contribution in [0.15, 0.2) is 0 Å². The fourth-order valence-corrected chi connectivity index (χ4v) is 3.46. The summed E-state index contributed by atoms with van der Waals surface area (Å²) in [6.07, 6.45) is 2.97. The standard InChI is InChI=1S/C15H24N4O2/c1-3-21-15(20)18-9-6-14-13(10-18)17-11(2)19(14)12-4-7-16-8-5-12/h12,16H,3-10H2,1-2H3. The normalized spacial score (nSPS) is 19.4. The van der Waals surface area contributed by atoms with Gasteiger partial charge in [-0.3, -0.25) is 0 Å². The Morgan fingerprint density at radius 1 is 1.43 bits per heavy atom. The van der Waals surface area contributed by atoms with Gasteiger partial charge in [0.15, 0.2) is 0 Å². The lowest BCUT2D eigenvalue weighted by molar-refractivity contribution is 0.101. The average Bonchev–Trinajstić information content (AvgIpc) is 2.83. The third kappa shape index (κ3) is 2.77. The summed E-state index contributed by atoms with van der Waals surface area (Å²) in [7, 11) is 0. The number of carbonyl (C=O) groups excluding carboxylic acids is 1. The summed E-state index contributed by atoms with van der Waals surface area (Å²) in [5, 5.41) is 3.41. The molecule has 0 aromatic carbocycles. The maximum absolute atomic E-state index is 11.9. The summed E-state index contributed by atoms with van der Waals surface area (Å²) < 4.78 is 7.51. The number of amides is 1. The average molecular weight is 292 g/mol. The molecule has 0 atom stereocenters. The number of aryl methyl sites for hydroxylation is 1. The first kappa shape index (κ1) is 14.4. The van der Waals surface area contributed by atoms with E-state index in [1.807, 2.05) is 6.92 Å². The van der Waals surface area contributed by atoms with Crippen molar-refractivity contribution in [3.63, 3.8) is 0 Å². The summed E-state index contributed by atoms with van der Waals surface area (Å²) in [6, 6.07) is 0.552. The number of carbonyl (C=O) groups is 1. The van der Waals surface area contributed by atoms with Crippen LogP contribution in [0, 0.1) is 6.92 Å². The molecule has 3 rings (SSSR count). The van der Waals surface area contributed by atoms with Crippen LogP contribution in [0.2, 0.25) is 0 Å². The molecule has 0 spiro atoms. The van der Waals surface area contributed by atoms with Gasteiger partial charge in [0, 0.05) is 24.7 Å². The van der Waals surface area contributed by atoms with Crippen LogP contribution in [0.25, 0.3) is 0 Å². The van der Waals surface area contributed by atoms with E-state index in [0.717, 1.165) is 50.4 Å². The number of hydrogen-bond acceptors (Lipinski definition) is 4. The van der Waals surface area contributed by atoms with E-state index in [0.29, 0.717) is 19.2 Å². The molecule has 0 bridgehead atoms. The van der Waals surface area contributed by atoms with Crippen LogP contribution in [0.4, 0.5) is 4.79 Å². The maximum Gasteiger partial charge on any atom is 0.410 e. The highest BCUT2D eigenvalue weighted by molar-refractivity contribution is 5.68. The van der Waals surface area contributed by atoms with E-state index in [4.69, 9.17) is 9.72 Å². The Kier molecular flexibility index (Phi) is 4.14. The van der Waals surface area contributed by atoms with Crippen LogP contribution in [0.3, 0.4) is 0 Å². The monoisotopic (exact) mass is 292 g/mol. The number of hydrogen-bond donors (Lipinski definition) is 1. The van der Waals surface area contributed by atoms with Crippen molar-refractivity contribution in [2.24, 2.45) is 0 Å². The Hall–Kier alpha value is -1.56. The SMILES string of the molecule is CCOC(=O)N1CCc2c(nc(C)n2C2CCNCC2)C1. The highest BCUT2D eigenvalue weighted by Crippen LogP contribution is 2.28. The van der Waals surface area contributed by atoms with Gasteiger partial charge in [-0.1, -0.05) is 0 Å². The number of rotatable bonds is 2. The molecule has 3 heterocycles. The molecule has 1 amide bonds. The molecule has 1 fully saturated rings. The van der Waals surface area contributed by atoms with E-state index in [1.165, 1.54) is 5.69 Å². The molecule has 6 nitrogen and oxygen atoms in total. The summed E-state index contributed by atoms with van der Waals surface area (Å²) >= 11 is 0. The van der Waals surface area contributed by atoms with Gasteiger partial charge in [0.1, 0.15) is 5.82 Å². The molecule has 1 aromatic rings. The number of piperidine rings is 1. The highest BCUT2D eigenvalue weighted by atomic mass is 16.6. The molecule has 6 heteroatoms. The van der Waals surface area contributed by atoms with Crippen LogP contribution in [0.5, 0.6) is 0 Å². The predicted molar refractivity (Wildman–Crippen MR) is 79.2 cm³/mol. The molecule has 1 aromatic heterocycles. The van der Waals surface area contributed by atoms with E-state index < -0.39 is 0 Å². The molecule has 0 aliphatic carbocycles. The number of imidazole rings is 1. The van der Waals surface area contributed by atoms with Crippen LogP contribution in [0.1, 0.15) is 43.0 Å². The summed E-state index contributed by atoms with van der Waals surface area (Å²) in [6.45, 7) is 7.79. The quantitative estimate of drug-likeness (QED) is 0.900. The second kappa shape index (κ2) is 6.05. The third-order valence-electron chi connectivity index (χ3n) is 4.43. The summed E-state index contributed by atoms with van der Waals surface area (Å²) in [5.41, 5.74) is 2.37. The number of nitrogens with one attached hydrogen (secondary N) is 1. The van der Waals surface area contributed by atoms with Gasteiger partial charge in [-0.05, 0) is 39.8 Å². The molecule has 0 unspecified atom stereocenters. The van der Waals surface area contributed by atoms with Crippen LogP contribution < -0.4 is 5.32 Å². The van der Waals surface area contributed by atoms with Gasteiger partial charge in [0.25, 0.3) is 0 Å². The fraction of sp³-hybridized carbons (Fsp3) is 0.733. The van der Waals surface area contributed by atoms with Gasteiger partial charge in [-0.15, -0.1) is 0 Å². The molecule has 1 N–H and O–H groups in total. The first-order valence-corrected chi connectivity index (χ1v) is 7.89. The number of nitrogens with zero attached hydrogens (tertiary/aromatic N) is 3. The first-order chi connectivity index (χ1) is 10.2. The lowest BCUT2D eigenvalue weighted by Gasteiger charge is -2.30. The minimum atomic E-state index is -0.225. The Bertz CT molecular complexity index is 520. The largest absolute Gasteiger partial charge is 0.450 e. The fourth-order valence-electron chi connectivity index (χ4n) is 3.46.